The fourth-order valence-electron chi connectivity index (χ4n) is 5.67. The number of anilines is 1. The van der Waals surface area contributed by atoms with Crippen LogP contribution in [0.5, 0.6) is 0 Å². The van der Waals surface area contributed by atoms with Crippen LogP contribution in [0.2, 0.25) is 10.0 Å². The van der Waals surface area contributed by atoms with Crippen LogP contribution in [0.15, 0.2) is 24.4 Å². The number of likely N-dealkylation sites (tertiary alicyclic amines) is 1. The summed E-state index contributed by atoms with van der Waals surface area (Å²) in [6.07, 6.45) is -1.20. The minimum absolute atomic E-state index is 0.0366. The highest BCUT2D eigenvalue weighted by Gasteiger charge is 2.40. The van der Waals surface area contributed by atoms with Gasteiger partial charge in [-0.2, -0.15) is 18.3 Å². The van der Waals surface area contributed by atoms with Crippen molar-refractivity contribution in [3.63, 3.8) is 0 Å². The SMILES string of the molecule is CC(C)S(=O)(=O)NCCN1CCC[C@@H](C2CN(c3cnc4c(C(F)(F)F)nn([C@H](C)c5ccc(Cl)cc5Cl)c4n3)C2)C1. The Morgan fingerprint density at radius 2 is 1.86 bits per heavy atom. The third kappa shape index (κ3) is 6.50. The molecule has 230 valence electrons. The van der Waals surface area contributed by atoms with Crippen molar-refractivity contribution in [2.75, 3.05) is 44.2 Å². The van der Waals surface area contributed by atoms with E-state index in [2.05, 4.69) is 24.7 Å². The Kier molecular flexibility index (Phi) is 8.98. The van der Waals surface area contributed by atoms with E-state index in [4.69, 9.17) is 23.2 Å². The predicted octanol–water partition coefficient (Wildman–Crippen LogP) is 5.24. The van der Waals surface area contributed by atoms with E-state index in [1.807, 2.05) is 4.90 Å². The lowest BCUT2D eigenvalue weighted by molar-refractivity contribution is -0.140. The third-order valence-corrected chi connectivity index (χ3v) is 10.6. The van der Waals surface area contributed by atoms with Gasteiger partial charge in [-0.25, -0.2) is 27.8 Å². The molecule has 0 saturated carbocycles. The van der Waals surface area contributed by atoms with Gasteiger partial charge in [0, 0.05) is 42.8 Å². The molecular weight excluding hydrogens is 614 g/mol. The monoisotopic (exact) mass is 647 g/mol. The summed E-state index contributed by atoms with van der Waals surface area (Å²) in [5, 5.41) is 4.17. The fourth-order valence-corrected chi connectivity index (χ4v) is 6.95. The standard InChI is InChI=1S/C27H34Cl2F3N7O2S/c1-16(2)42(40,41)34-8-10-37-9-4-5-18(13-37)19-14-38(15-19)23-12-33-24-25(27(30,31)32)36-39(26(24)35-23)17(3)21-7-6-20(28)11-22(21)29/h6-7,11-12,16-19,34H,4-5,8-10,13-15H2,1-3H3/t17-,18-/m1/s1. The first kappa shape index (κ1) is 31.2. The second-order valence-corrected chi connectivity index (χ2v) is 14.6. The van der Waals surface area contributed by atoms with Gasteiger partial charge in [-0.05, 0) is 69.7 Å². The predicted molar refractivity (Wildman–Crippen MR) is 158 cm³/mol. The van der Waals surface area contributed by atoms with Gasteiger partial charge in [0.05, 0.1) is 17.5 Å². The summed E-state index contributed by atoms with van der Waals surface area (Å²) >= 11 is 12.4. The molecule has 0 aliphatic carbocycles. The van der Waals surface area contributed by atoms with Crippen molar-refractivity contribution in [3.05, 3.63) is 45.7 Å². The zero-order valence-corrected chi connectivity index (χ0v) is 25.9. The number of halogens is 5. The van der Waals surface area contributed by atoms with Crippen molar-refractivity contribution in [2.24, 2.45) is 11.8 Å². The highest BCUT2D eigenvalue weighted by Crippen LogP contribution is 2.38. The summed E-state index contributed by atoms with van der Waals surface area (Å²) in [5.41, 5.74) is -0.798. The molecule has 0 amide bonds. The summed E-state index contributed by atoms with van der Waals surface area (Å²) in [6, 6.07) is 4.18. The van der Waals surface area contributed by atoms with Crippen molar-refractivity contribution >= 4 is 50.2 Å². The molecule has 1 aromatic carbocycles. The first-order valence-electron chi connectivity index (χ1n) is 14.0. The molecule has 4 heterocycles. The van der Waals surface area contributed by atoms with Gasteiger partial charge in [-0.3, -0.25) is 0 Å². The smallest absolute Gasteiger partial charge is 0.355 e. The molecule has 2 saturated heterocycles. The lowest BCUT2D eigenvalue weighted by Gasteiger charge is -2.47. The van der Waals surface area contributed by atoms with Crippen molar-refractivity contribution < 1.29 is 21.6 Å². The zero-order valence-electron chi connectivity index (χ0n) is 23.6. The Morgan fingerprint density at radius 3 is 2.52 bits per heavy atom. The number of nitrogens with zero attached hydrogens (tertiary/aromatic N) is 6. The number of hydrogen-bond acceptors (Lipinski definition) is 7. The minimum atomic E-state index is -4.70. The number of fused-ring (bicyclic) bond motifs is 1. The second kappa shape index (κ2) is 12.1. The Bertz CT molecular complexity index is 1540. The summed E-state index contributed by atoms with van der Waals surface area (Å²) in [4.78, 5) is 13.1. The number of benzene rings is 1. The molecule has 9 nitrogen and oxygen atoms in total. The summed E-state index contributed by atoms with van der Waals surface area (Å²) < 4.78 is 69.7. The number of aromatic nitrogens is 4. The van der Waals surface area contributed by atoms with Gasteiger partial charge < -0.3 is 9.80 Å². The number of alkyl halides is 3. The molecule has 2 aromatic heterocycles. The average molecular weight is 649 g/mol. The van der Waals surface area contributed by atoms with Gasteiger partial charge in [0.25, 0.3) is 0 Å². The van der Waals surface area contributed by atoms with Crippen LogP contribution in [-0.4, -0.2) is 77.6 Å². The molecule has 0 spiro atoms. The highest BCUT2D eigenvalue weighted by atomic mass is 35.5. The van der Waals surface area contributed by atoms with Crippen LogP contribution in [0.3, 0.4) is 0 Å². The summed E-state index contributed by atoms with van der Waals surface area (Å²) in [5.74, 6) is 1.35. The van der Waals surface area contributed by atoms with E-state index in [1.165, 1.54) is 10.9 Å². The van der Waals surface area contributed by atoms with Crippen LogP contribution in [-0.2, 0) is 16.2 Å². The molecule has 0 bridgehead atoms. The van der Waals surface area contributed by atoms with Crippen LogP contribution < -0.4 is 9.62 Å². The summed E-state index contributed by atoms with van der Waals surface area (Å²) in [7, 11) is -3.29. The van der Waals surface area contributed by atoms with Crippen molar-refractivity contribution in [3.8, 4) is 0 Å². The molecule has 42 heavy (non-hydrogen) atoms. The highest BCUT2D eigenvalue weighted by molar-refractivity contribution is 7.90. The molecule has 2 aliphatic rings. The third-order valence-electron chi connectivity index (χ3n) is 8.23. The largest absolute Gasteiger partial charge is 0.437 e. The molecular formula is C27H34Cl2F3N7O2S. The average Bonchev–Trinajstić information content (AvgIpc) is 3.27. The maximum atomic E-state index is 13.9. The van der Waals surface area contributed by atoms with E-state index in [1.54, 1.807) is 39.0 Å². The normalized spacial score (nSPS) is 19.9. The van der Waals surface area contributed by atoms with E-state index in [-0.39, 0.29) is 11.2 Å². The lowest BCUT2D eigenvalue weighted by Crippen LogP contribution is -2.54. The molecule has 15 heteroatoms. The van der Waals surface area contributed by atoms with E-state index in [0.717, 1.165) is 39.0 Å². The van der Waals surface area contributed by atoms with Gasteiger partial charge >= 0.3 is 6.18 Å². The first-order valence-corrected chi connectivity index (χ1v) is 16.3. The molecule has 0 unspecified atom stereocenters. The van der Waals surface area contributed by atoms with Crippen LogP contribution in [0.25, 0.3) is 11.2 Å². The quantitative estimate of drug-likeness (QED) is 0.339. The van der Waals surface area contributed by atoms with E-state index >= 15 is 0 Å². The van der Waals surface area contributed by atoms with Crippen LogP contribution in [0, 0.1) is 11.8 Å². The zero-order chi connectivity index (χ0) is 30.4. The van der Waals surface area contributed by atoms with Gasteiger partial charge in [-0.1, -0.05) is 29.3 Å². The van der Waals surface area contributed by atoms with Crippen molar-refractivity contribution in [1.29, 1.82) is 0 Å². The van der Waals surface area contributed by atoms with E-state index in [9.17, 15) is 21.6 Å². The number of hydrogen-bond donors (Lipinski definition) is 1. The Balaban J connectivity index is 1.29. The van der Waals surface area contributed by atoms with E-state index < -0.39 is 33.2 Å². The van der Waals surface area contributed by atoms with Gasteiger partial charge in [0.1, 0.15) is 11.3 Å². The number of piperidine rings is 1. The first-order chi connectivity index (χ1) is 19.7. The minimum Gasteiger partial charge on any atom is -0.355 e. The number of nitrogens with one attached hydrogen (secondary N) is 1. The van der Waals surface area contributed by atoms with Gasteiger partial charge in [-0.15, -0.1) is 0 Å². The molecule has 2 aliphatic heterocycles. The molecule has 3 aromatic rings. The van der Waals surface area contributed by atoms with Crippen LogP contribution >= 0.6 is 23.2 Å². The number of rotatable bonds is 9. The fraction of sp³-hybridized carbons (Fsp3) is 0.593. The maximum Gasteiger partial charge on any atom is 0.437 e. The topological polar surface area (TPSA) is 96.3 Å². The Labute approximate surface area is 253 Å². The van der Waals surface area contributed by atoms with Crippen LogP contribution in [0.4, 0.5) is 19.0 Å². The van der Waals surface area contributed by atoms with E-state index in [0.29, 0.717) is 46.4 Å². The second-order valence-electron chi connectivity index (χ2n) is 11.4. The van der Waals surface area contributed by atoms with Crippen LogP contribution in [0.1, 0.15) is 50.9 Å². The summed E-state index contributed by atoms with van der Waals surface area (Å²) in [6.45, 7) is 9.31. The molecule has 2 fully saturated rings. The number of sulfonamides is 1. The van der Waals surface area contributed by atoms with Gasteiger partial charge in [0.2, 0.25) is 10.0 Å². The Morgan fingerprint density at radius 1 is 1.12 bits per heavy atom. The molecule has 2 atom stereocenters. The molecule has 5 rings (SSSR count). The van der Waals surface area contributed by atoms with Crippen molar-refractivity contribution in [1.82, 2.24) is 29.4 Å². The van der Waals surface area contributed by atoms with Gasteiger partial charge in [0.15, 0.2) is 11.3 Å². The van der Waals surface area contributed by atoms with Crippen molar-refractivity contribution in [2.45, 2.75) is 51.1 Å². The molecule has 0 radical (unpaired) electrons. The lowest BCUT2D eigenvalue weighted by atomic mass is 9.80. The molecule has 1 N–H and O–H groups in total. The maximum absolute atomic E-state index is 13.9. The Hall–Kier alpha value is -2.19.